The molecule has 1 amide bonds. The fraction of sp³-hybridized carbons (Fsp3) is 0.435. The second kappa shape index (κ2) is 7.75. The van der Waals surface area contributed by atoms with E-state index >= 15 is 0 Å². The standard InChI is InChI=1S/C23H26N4OS/c28-22(19-9-12-29-15-19)26-14-20(23(16-26)10-5-2-6-11-23)21-25-24-17-27(21)13-18-7-3-1-4-8-18/h1,3-4,7-9,12,15,17,20H,2,5-6,10-11,13-14,16H2. The maximum Gasteiger partial charge on any atom is 0.254 e. The third-order valence-electron chi connectivity index (χ3n) is 6.71. The van der Waals surface area contributed by atoms with Crippen LogP contribution in [-0.2, 0) is 6.54 Å². The first-order chi connectivity index (χ1) is 14.3. The number of carbonyl (C=O) groups is 1. The zero-order valence-electron chi connectivity index (χ0n) is 16.5. The lowest BCUT2D eigenvalue weighted by Gasteiger charge is -2.37. The van der Waals surface area contributed by atoms with Crippen LogP contribution >= 0.6 is 11.3 Å². The maximum atomic E-state index is 13.1. The normalized spacial score (nSPS) is 21.0. The monoisotopic (exact) mass is 406 g/mol. The zero-order chi connectivity index (χ0) is 19.7. The highest BCUT2D eigenvalue weighted by molar-refractivity contribution is 7.08. The molecular formula is C23H26N4OS. The van der Waals surface area contributed by atoms with E-state index in [-0.39, 0.29) is 17.2 Å². The van der Waals surface area contributed by atoms with E-state index in [2.05, 4.69) is 43.9 Å². The van der Waals surface area contributed by atoms with Crippen LogP contribution in [0, 0.1) is 5.41 Å². The number of thiophene rings is 1. The highest BCUT2D eigenvalue weighted by Gasteiger charge is 2.50. The lowest BCUT2D eigenvalue weighted by Crippen LogP contribution is -2.34. The van der Waals surface area contributed by atoms with Crippen molar-refractivity contribution in [1.29, 1.82) is 0 Å². The molecule has 0 N–H and O–H groups in total. The van der Waals surface area contributed by atoms with Crippen molar-refractivity contribution in [2.24, 2.45) is 5.41 Å². The third-order valence-corrected chi connectivity index (χ3v) is 7.39. The van der Waals surface area contributed by atoms with Crippen LogP contribution in [0.4, 0.5) is 0 Å². The second-order valence-corrected chi connectivity index (χ2v) is 9.26. The number of carbonyl (C=O) groups excluding carboxylic acids is 1. The first-order valence-electron chi connectivity index (χ1n) is 10.5. The number of hydrogen-bond donors (Lipinski definition) is 0. The Labute approximate surface area is 175 Å². The predicted molar refractivity (Wildman–Crippen MR) is 114 cm³/mol. The van der Waals surface area contributed by atoms with E-state index in [9.17, 15) is 4.79 Å². The average molecular weight is 407 g/mol. The van der Waals surface area contributed by atoms with Gasteiger partial charge in [0.15, 0.2) is 0 Å². The van der Waals surface area contributed by atoms with Gasteiger partial charge in [-0.3, -0.25) is 4.79 Å². The van der Waals surface area contributed by atoms with Crippen LogP contribution in [0.1, 0.15) is 59.8 Å². The smallest absolute Gasteiger partial charge is 0.254 e. The Morgan fingerprint density at radius 1 is 1.14 bits per heavy atom. The highest BCUT2D eigenvalue weighted by Crippen LogP contribution is 2.51. The van der Waals surface area contributed by atoms with Crippen LogP contribution in [0.3, 0.4) is 0 Å². The van der Waals surface area contributed by atoms with E-state index in [4.69, 9.17) is 0 Å². The van der Waals surface area contributed by atoms with Gasteiger partial charge in [0.2, 0.25) is 0 Å². The summed E-state index contributed by atoms with van der Waals surface area (Å²) in [5.74, 6) is 1.45. The summed E-state index contributed by atoms with van der Waals surface area (Å²) in [6.45, 7) is 2.35. The number of rotatable bonds is 4. The van der Waals surface area contributed by atoms with Gasteiger partial charge in [-0.1, -0.05) is 49.6 Å². The Balaban J connectivity index is 1.46. The van der Waals surface area contributed by atoms with E-state index in [0.717, 1.165) is 31.0 Å². The molecule has 150 valence electrons. The quantitative estimate of drug-likeness (QED) is 0.637. The number of amides is 1. The van der Waals surface area contributed by atoms with Gasteiger partial charge in [-0.25, -0.2) is 0 Å². The number of hydrogen-bond acceptors (Lipinski definition) is 4. The topological polar surface area (TPSA) is 51.0 Å². The predicted octanol–water partition coefficient (Wildman–Crippen LogP) is 4.58. The molecule has 1 unspecified atom stereocenters. The van der Waals surface area contributed by atoms with Crippen molar-refractivity contribution in [3.8, 4) is 0 Å². The maximum absolute atomic E-state index is 13.1. The molecule has 6 heteroatoms. The summed E-state index contributed by atoms with van der Waals surface area (Å²) < 4.78 is 2.19. The summed E-state index contributed by atoms with van der Waals surface area (Å²) in [5.41, 5.74) is 2.19. The first kappa shape index (κ1) is 18.6. The first-order valence-corrected chi connectivity index (χ1v) is 11.4. The van der Waals surface area contributed by atoms with Gasteiger partial charge in [-0.15, -0.1) is 10.2 Å². The molecule has 1 aliphatic heterocycles. The molecular weight excluding hydrogens is 380 g/mol. The molecule has 1 spiro atoms. The number of aromatic nitrogens is 3. The minimum Gasteiger partial charge on any atom is -0.337 e. The third kappa shape index (κ3) is 3.50. The van der Waals surface area contributed by atoms with Crippen LogP contribution in [0.25, 0.3) is 0 Å². The van der Waals surface area contributed by atoms with Crippen LogP contribution in [-0.4, -0.2) is 38.7 Å². The molecule has 0 radical (unpaired) electrons. The van der Waals surface area contributed by atoms with Crippen molar-refractivity contribution in [3.05, 3.63) is 70.4 Å². The Morgan fingerprint density at radius 3 is 2.72 bits per heavy atom. The molecule has 29 heavy (non-hydrogen) atoms. The molecule has 5 rings (SSSR count). The second-order valence-electron chi connectivity index (χ2n) is 8.48. The van der Waals surface area contributed by atoms with Crippen molar-refractivity contribution in [1.82, 2.24) is 19.7 Å². The molecule has 2 fully saturated rings. The SMILES string of the molecule is O=C(c1ccsc1)N1CC(c2nncn2Cc2ccccc2)C2(CCCCC2)C1. The van der Waals surface area contributed by atoms with Crippen LogP contribution < -0.4 is 0 Å². The molecule has 1 aliphatic carbocycles. The zero-order valence-corrected chi connectivity index (χ0v) is 17.4. The summed E-state index contributed by atoms with van der Waals surface area (Å²) in [4.78, 5) is 15.2. The van der Waals surface area contributed by atoms with Gasteiger partial charge in [0, 0.05) is 24.4 Å². The molecule has 1 saturated carbocycles. The molecule has 1 atom stereocenters. The van der Waals surface area contributed by atoms with Gasteiger partial charge in [0.1, 0.15) is 12.2 Å². The van der Waals surface area contributed by atoms with Crippen molar-refractivity contribution >= 4 is 17.2 Å². The van der Waals surface area contributed by atoms with E-state index < -0.39 is 0 Å². The average Bonchev–Trinajstić information content (AvgIpc) is 3.50. The fourth-order valence-corrected chi connectivity index (χ4v) is 5.88. The molecule has 2 aromatic heterocycles. The molecule has 1 saturated heterocycles. The summed E-state index contributed by atoms with van der Waals surface area (Å²) in [6.07, 6.45) is 7.96. The van der Waals surface area contributed by atoms with Gasteiger partial charge in [-0.05, 0) is 35.3 Å². The van der Waals surface area contributed by atoms with E-state index in [1.54, 1.807) is 11.3 Å². The summed E-state index contributed by atoms with van der Waals surface area (Å²) in [6, 6.07) is 12.4. The number of likely N-dealkylation sites (tertiary alicyclic amines) is 1. The lowest BCUT2D eigenvalue weighted by atomic mass is 9.67. The van der Waals surface area contributed by atoms with Crippen molar-refractivity contribution in [2.45, 2.75) is 44.6 Å². The van der Waals surface area contributed by atoms with Gasteiger partial charge in [0.25, 0.3) is 5.91 Å². The van der Waals surface area contributed by atoms with Crippen molar-refractivity contribution in [2.75, 3.05) is 13.1 Å². The molecule has 1 aromatic carbocycles. The molecule has 2 aliphatic rings. The van der Waals surface area contributed by atoms with Gasteiger partial charge in [0.05, 0.1) is 12.1 Å². The molecule has 3 aromatic rings. The molecule has 3 heterocycles. The minimum absolute atomic E-state index is 0.130. The Morgan fingerprint density at radius 2 is 1.97 bits per heavy atom. The Hall–Kier alpha value is -2.47. The van der Waals surface area contributed by atoms with Crippen LogP contribution in [0.2, 0.25) is 0 Å². The Bertz CT molecular complexity index is 960. The summed E-state index contributed by atoms with van der Waals surface area (Å²) in [7, 11) is 0. The van der Waals surface area contributed by atoms with Crippen molar-refractivity contribution < 1.29 is 4.79 Å². The van der Waals surface area contributed by atoms with E-state index in [0.29, 0.717) is 0 Å². The fourth-order valence-electron chi connectivity index (χ4n) is 5.25. The number of benzene rings is 1. The van der Waals surface area contributed by atoms with Crippen LogP contribution in [0.15, 0.2) is 53.5 Å². The highest BCUT2D eigenvalue weighted by atomic mass is 32.1. The van der Waals surface area contributed by atoms with E-state index in [1.807, 2.05) is 29.2 Å². The van der Waals surface area contributed by atoms with Crippen molar-refractivity contribution in [3.63, 3.8) is 0 Å². The minimum atomic E-state index is 0.130. The lowest BCUT2D eigenvalue weighted by molar-refractivity contribution is 0.0758. The van der Waals surface area contributed by atoms with Gasteiger partial charge in [-0.2, -0.15) is 11.3 Å². The van der Waals surface area contributed by atoms with Gasteiger partial charge >= 0.3 is 0 Å². The Kier molecular flexibility index (Phi) is 4.96. The summed E-state index contributed by atoms with van der Waals surface area (Å²) >= 11 is 1.58. The molecule has 0 bridgehead atoms. The summed E-state index contributed by atoms with van der Waals surface area (Å²) in [5, 5.41) is 12.8. The number of nitrogens with zero attached hydrogens (tertiary/aromatic N) is 4. The van der Waals surface area contributed by atoms with Crippen LogP contribution in [0.5, 0.6) is 0 Å². The largest absolute Gasteiger partial charge is 0.337 e. The molecule has 5 nitrogen and oxygen atoms in total. The van der Waals surface area contributed by atoms with E-state index in [1.165, 1.54) is 37.7 Å². The van der Waals surface area contributed by atoms with Gasteiger partial charge < -0.3 is 9.47 Å².